The first kappa shape index (κ1) is 17.1. The first-order valence-corrected chi connectivity index (χ1v) is 8.09. The van der Waals surface area contributed by atoms with E-state index in [1.54, 1.807) is 12.1 Å². The molecule has 0 aliphatic heterocycles. The molecule has 0 atom stereocenters. The third-order valence-electron chi connectivity index (χ3n) is 3.23. The normalized spacial score (nSPS) is 11.1. The molecule has 116 valence electrons. The van der Waals surface area contributed by atoms with Crippen LogP contribution in [0.5, 0.6) is 0 Å². The second-order valence-electron chi connectivity index (χ2n) is 4.61. The van der Waals surface area contributed by atoms with Crippen molar-refractivity contribution in [2.75, 3.05) is 18.0 Å². The quantitative estimate of drug-likeness (QED) is 0.535. The molecule has 0 heterocycles. The second-order valence-corrected chi connectivity index (χ2v) is 5.86. The molecule has 2 rings (SSSR count). The van der Waals surface area contributed by atoms with Crippen molar-refractivity contribution in [1.82, 2.24) is 0 Å². The van der Waals surface area contributed by atoms with Gasteiger partial charge in [0.1, 0.15) is 5.69 Å². The van der Waals surface area contributed by atoms with E-state index in [9.17, 15) is 0 Å². The van der Waals surface area contributed by atoms with Crippen LogP contribution < -0.4 is 4.90 Å². The highest BCUT2D eigenvalue weighted by Crippen LogP contribution is 2.37. The summed E-state index contributed by atoms with van der Waals surface area (Å²) in [4.78, 5) is 2.26. The highest BCUT2D eigenvalue weighted by Gasteiger charge is 2.07. The Kier molecular flexibility index (Phi) is 6.07. The molecular formula is C16H16Cl3N3. The van der Waals surface area contributed by atoms with Crippen LogP contribution in [0.2, 0.25) is 15.1 Å². The predicted octanol–water partition coefficient (Wildman–Crippen LogP) is 6.91. The van der Waals surface area contributed by atoms with Gasteiger partial charge in [0.15, 0.2) is 0 Å². The van der Waals surface area contributed by atoms with Crippen LogP contribution in [0.1, 0.15) is 13.8 Å². The van der Waals surface area contributed by atoms with E-state index in [0.29, 0.717) is 20.8 Å². The Hall–Kier alpha value is -1.29. The van der Waals surface area contributed by atoms with Gasteiger partial charge < -0.3 is 4.90 Å². The summed E-state index contributed by atoms with van der Waals surface area (Å²) >= 11 is 18.0. The standard InChI is InChI=1S/C16H16Cl3N3/c1-3-22(4-2)13-7-5-12(6-8-13)20-21-16-14(18)9-11(17)10-15(16)19/h5-10H,3-4H2,1-2H3. The first-order valence-electron chi connectivity index (χ1n) is 6.96. The number of halogens is 3. The number of benzene rings is 2. The maximum absolute atomic E-state index is 6.08. The zero-order chi connectivity index (χ0) is 16.1. The van der Waals surface area contributed by atoms with Crippen molar-refractivity contribution in [3.05, 3.63) is 51.5 Å². The number of azo groups is 1. The van der Waals surface area contributed by atoms with Gasteiger partial charge in [-0.15, -0.1) is 5.11 Å². The molecule has 6 heteroatoms. The maximum Gasteiger partial charge on any atom is 0.123 e. The van der Waals surface area contributed by atoms with Gasteiger partial charge in [-0.1, -0.05) is 34.8 Å². The number of hydrogen-bond donors (Lipinski definition) is 0. The molecule has 2 aromatic carbocycles. The van der Waals surface area contributed by atoms with Crippen LogP contribution >= 0.6 is 34.8 Å². The molecule has 0 spiro atoms. The van der Waals surface area contributed by atoms with Gasteiger partial charge in [0, 0.05) is 23.8 Å². The number of rotatable bonds is 5. The van der Waals surface area contributed by atoms with Gasteiger partial charge in [0.05, 0.1) is 15.7 Å². The Labute approximate surface area is 145 Å². The third-order valence-corrected chi connectivity index (χ3v) is 4.02. The van der Waals surface area contributed by atoms with Gasteiger partial charge in [-0.3, -0.25) is 0 Å². The molecule has 22 heavy (non-hydrogen) atoms. The summed E-state index contributed by atoms with van der Waals surface area (Å²) in [6.45, 7) is 6.18. The number of anilines is 1. The molecule has 3 nitrogen and oxygen atoms in total. The zero-order valence-electron chi connectivity index (χ0n) is 12.4. The maximum atomic E-state index is 6.08. The molecule has 0 N–H and O–H groups in total. The summed E-state index contributed by atoms with van der Waals surface area (Å²) in [5.74, 6) is 0. The molecule has 2 aromatic rings. The lowest BCUT2D eigenvalue weighted by Gasteiger charge is -2.20. The van der Waals surface area contributed by atoms with E-state index in [-0.39, 0.29) is 0 Å². The summed E-state index contributed by atoms with van der Waals surface area (Å²) in [7, 11) is 0. The van der Waals surface area contributed by atoms with Gasteiger partial charge in [0.2, 0.25) is 0 Å². The van der Waals surface area contributed by atoms with Crippen molar-refractivity contribution in [1.29, 1.82) is 0 Å². The SMILES string of the molecule is CCN(CC)c1ccc(N=Nc2c(Cl)cc(Cl)cc2Cl)cc1. The van der Waals surface area contributed by atoms with Crippen molar-refractivity contribution in [3.8, 4) is 0 Å². The molecular weight excluding hydrogens is 341 g/mol. The Morgan fingerprint density at radius 2 is 1.41 bits per heavy atom. The first-order chi connectivity index (χ1) is 10.5. The van der Waals surface area contributed by atoms with E-state index < -0.39 is 0 Å². The molecule has 0 aromatic heterocycles. The van der Waals surface area contributed by atoms with E-state index in [2.05, 4.69) is 29.0 Å². The van der Waals surface area contributed by atoms with E-state index >= 15 is 0 Å². The lowest BCUT2D eigenvalue weighted by molar-refractivity contribution is 0.866. The molecule has 0 unspecified atom stereocenters. The summed E-state index contributed by atoms with van der Waals surface area (Å²) in [5.41, 5.74) is 2.31. The van der Waals surface area contributed by atoms with Crippen LogP contribution in [-0.4, -0.2) is 13.1 Å². The third kappa shape index (κ3) is 4.13. The lowest BCUT2D eigenvalue weighted by atomic mass is 10.2. The molecule has 0 fully saturated rings. The average Bonchev–Trinajstić information content (AvgIpc) is 2.49. The van der Waals surface area contributed by atoms with Crippen molar-refractivity contribution in [3.63, 3.8) is 0 Å². The Morgan fingerprint density at radius 1 is 0.864 bits per heavy atom. The van der Waals surface area contributed by atoms with Crippen molar-refractivity contribution >= 4 is 51.9 Å². The fraction of sp³-hybridized carbons (Fsp3) is 0.250. The monoisotopic (exact) mass is 355 g/mol. The van der Waals surface area contributed by atoms with Crippen LogP contribution in [0, 0.1) is 0 Å². The molecule has 0 amide bonds. The van der Waals surface area contributed by atoms with Crippen molar-refractivity contribution in [2.24, 2.45) is 10.2 Å². The zero-order valence-corrected chi connectivity index (χ0v) is 14.6. The minimum atomic E-state index is 0.376. The molecule has 0 saturated carbocycles. The van der Waals surface area contributed by atoms with Crippen LogP contribution in [0.25, 0.3) is 0 Å². The van der Waals surface area contributed by atoms with E-state index in [1.807, 2.05) is 24.3 Å². The van der Waals surface area contributed by atoms with Crippen LogP contribution in [-0.2, 0) is 0 Å². The molecule has 0 aliphatic rings. The lowest BCUT2D eigenvalue weighted by Crippen LogP contribution is -2.21. The fourth-order valence-electron chi connectivity index (χ4n) is 2.06. The summed E-state index contributed by atoms with van der Waals surface area (Å²) in [6.07, 6.45) is 0. The Morgan fingerprint density at radius 3 is 1.91 bits per heavy atom. The molecule has 0 aliphatic carbocycles. The Bertz CT molecular complexity index is 642. The van der Waals surface area contributed by atoms with E-state index in [1.165, 1.54) is 0 Å². The van der Waals surface area contributed by atoms with Gasteiger partial charge >= 0.3 is 0 Å². The number of nitrogens with zero attached hydrogens (tertiary/aromatic N) is 3. The van der Waals surface area contributed by atoms with Crippen LogP contribution in [0.3, 0.4) is 0 Å². The van der Waals surface area contributed by atoms with E-state index in [4.69, 9.17) is 34.8 Å². The van der Waals surface area contributed by atoms with Gasteiger partial charge in [0.25, 0.3) is 0 Å². The minimum Gasteiger partial charge on any atom is -0.372 e. The van der Waals surface area contributed by atoms with Crippen molar-refractivity contribution < 1.29 is 0 Å². The largest absolute Gasteiger partial charge is 0.372 e. The molecule has 0 radical (unpaired) electrons. The fourth-order valence-corrected chi connectivity index (χ4v) is 2.95. The summed E-state index contributed by atoms with van der Waals surface area (Å²) in [5, 5.41) is 9.52. The smallest absolute Gasteiger partial charge is 0.123 e. The predicted molar refractivity (Wildman–Crippen MR) is 95.7 cm³/mol. The highest BCUT2D eigenvalue weighted by molar-refractivity contribution is 6.41. The van der Waals surface area contributed by atoms with Crippen LogP contribution in [0.15, 0.2) is 46.6 Å². The summed E-state index contributed by atoms with van der Waals surface area (Å²) in [6, 6.07) is 11.0. The van der Waals surface area contributed by atoms with Gasteiger partial charge in [-0.2, -0.15) is 5.11 Å². The molecule has 0 bridgehead atoms. The highest BCUT2D eigenvalue weighted by atomic mass is 35.5. The minimum absolute atomic E-state index is 0.376. The van der Waals surface area contributed by atoms with E-state index in [0.717, 1.165) is 24.5 Å². The topological polar surface area (TPSA) is 28.0 Å². The summed E-state index contributed by atoms with van der Waals surface area (Å²) < 4.78 is 0. The van der Waals surface area contributed by atoms with Gasteiger partial charge in [-0.25, -0.2) is 0 Å². The Balaban J connectivity index is 2.21. The van der Waals surface area contributed by atoms with Crippen LogP contribution in [0.4, 0.5) is 17.1 Å². The van der Waals surface area contributed by atoms with Crippen molar-refractivity contribution in [2.45, 2.75) is 13.8 Å². The average molecular weight is 357 g/mol. The molecule has 0 saturated heterocycles. The number of hydrogen-bond acceptors (Lipinski definition) is 3. The second kappa shape index (κ2) is 7.82. The van der Waals surface area contributed by atoms with Gasteiger partial charge in [-0.05, 0) is 50.2 Å².